The smallest absolute Gasteiger partial charge is 0.320 e. The highest BCUT2D eigenvalue weighted by Gasteiger charge is 2.36. The van der Waals surface area contributed by atoms with Crippen LogP contribution in [0, 0.1) is 0 Å². The quantitative estimate of drug-likeness (QED) is 0.228. The molecule has 0 bridgehead atoms. The summed E-state index contributed by atoms with van der Waals surface area (Å²) in [6.07, 6.45) is 2.17. The SMILES string of the molecule is CNC(=O)COCCOCCNC(=O)C1CCCN1C(=O)C(C)NC(CCc1ccccc1)C(=O)O. The zero-order valence-electron chi connectivity index (χ0n) is 21.0. The Labute approximate surface area is 211 Å². The number of carbonyl (C=O) groups excluding carboxylic acids is 3. The molecule has 1 aliphatic heterocycles. The summed E-state index contributed by atoms with van der Waals surface area (Å²) in [6.45, 7) is 3.16. The first-order valence-electron chi connectivity index (χ1n) is 12.3. The average Bonchev–Trinajstić information content (AvgIpc) is 3.37. The third kappa shape index (κ3) is 9.92. The zero-order chi connectivity index (χ0) is 26.3. The second-order valence-corrected chi connectivity index (χ2v) is 8.62. The van der Waals surface area contributed by atoms with Gasteiger partial charge in [-0.05, 0) is 38.2 Å². The number of carboxylic acid groups (broad SMARTS) is 1. The highest BCUT2D eigenvalue weighted by molar-refractivity contribution is 5.90. The first kappa shape index (κ1) is 29.2. The van der Waals surface area contributed by atoms with E-state index in [0.29, 0.717) is 38.8 Å². The number of likely N-dealkylation sites (tertiary alicyclic amines) is 1. The summed E-state index contributed by atoms with van der Waals surface area (Å²) in [5.74, 6) is -1.78. The van der Waals surface area contributed by atoms with Gasteiger partial charge >= 0.3 is 5.97 Å². The van der Waals surface area contributed by atoms with Gasteiger partial charge in [-0.25, -0.2) is 0 Å². The van der Waals surface area contributed by atoms with Crippen LogP contribution in [0.25, 0.3) is 0 Å². The first-order chi connectivity index (χ1) is 17.3. The van der Waals surface area contributed by atoms with Crippen molar-refractivity contribution in [2.75, 3.05) is 46.6 Å². The van der Waals surface area contributed by atoms with Crippen molar-refractivity contribution in [3.05, 3.63) is 35.9 Å². The van der Waals surface area contributed by atoms with Crippen molar-refractivity contribution in [2.24, 2.45) is 0 Å². The Morgan fingerprint density at radius 1 is 1.11 bits per heavy atom. The lowest BCUT2D eigenvalue weighted by molar-refractivity contribution is -0.142. The van der Waals surface area contributed by atoms with E-state index in [2.05, 4.69) is 16.0 Å². The van der Waals surface area contributed by atoms with Gasteiger partial charge in [0.2, 0.25) is 17.7 Å². The number of aliphatic carboxylic acids is 1. The Morgan fingerprint density at radius 2 is 1.83 bits per heavy atom. The minimum Gasteiger partial charge on any atom is -0.480 e. The molecule has 0 saturated carbocycles. The van der Waals surface area contributed by atoms with E-state index in [9.17, 15) is 24.3 Å². The molecular weight excluding hydrogens is 468 g/mol. The second-order valence-electron chi connectivity index (χ2n) is 8.62. The third-order valence-corrected chi connectivity index (χ3v) is 5.95. The van der Waals surface area contributed by atoms with Crippen molar-refractivity contribution >= 4 is 23.7 Å². The van der Waals surface area contributed by atoms with E-state index in [1.54, 1.807) is 6.92 Å². The molecule has 3 amide bonds. The Kier molecular flexibility index (Phi) is 12.9. The van der Waals surface area contributed by atoms with Gasteiger partial charge in [0.05, 0.1) is 25.9 Å². The van der Waals surface area contributed by atoms with E-state index in [-0.39, 0.29) is 44.1 Å². The largest absolute Gasteiger partial charge is 0.480 e. The molecule has 1 aromatic carbocycles. The monoisotopic (exact) mass is 506 g/mol. The number of carboxylic acids is 1. The summed E-state index contributed by atoms with van der Waals surface area (Å²) in [6, 6.07) is 7.37. The minimum absolute atomic E-state index is 0.0321. The van der Waals surface area contributed by atoms with Gasteiger partial charge in [0, 0.05) is 20.1 Å². The van der Waals surface area contributed by atoms with Crippen molar-refractivity contribution in [3.8, 4) is 0 Å². The molecule has 0 spiro atoms. The van der Waals surface area contributed by atoms with Crippen molar-refractivity contribution < 1.29 is 33.8 Å². The molecule has 1 fully saturated rings. The molecule has 1 heterocycles. The maximum absolute atomic E-state index is 13.1. The van der Waals surface area contributed by atoms with Crippen molar-refractivity contribution in [2.45, 2.75) is 50.7 Å². The van der Waals surface area contributed by atoms with E-state index in [0.717, 1.165) is 5.56 Å². The molecule has 200 valence electrons. The van der Waals surface area contributed by atoms with E-state index in [1.165, 1.54) is 11.9 Å². The van der Waals surface area contributed by atoms with Gasteiger partial charge in [-0.3, -0.25) is 24.5 Å². The normalized spacial score (nSPS) is 16.8. The Bertz CT molecular complexity index is 852. The standard InChI is InChI=1S/C25H38N4O7/c1-18(28-20(25(33)34)11-10-19-7-4-3-5-8-19)24(32)29-13-6-9-21(29)23(31)27-12-14-35-15-16-36-17-22(30)26-2/h3-5,7-8,18,20-21,28H,6,9-17H2,1-2H3,(H,26,30)(H,27,31)(H,33,34). The molecule has 3 unspecified atom stereocenters. The predicted molar refractivity (Wildman–Crippen MR) is 132 cm³/mol. The number of amides is 3. The zero-order valence-corrected chi connectivity index (χ0v) is 21.0. The van der Waals surface area contributed by atoms with E-state index >= 15 is 0 Å². The number of likely N-dealkylation sites (N-methyl/N-ethyl adjacent to an activating group) is 1. The van der Waals surface area contributed by atoms with Gasteiger partial charge in [0.15, 0.2) is 0 Å². The molecule has 2 rings (SSSR count). The number of ether oxygens (including phenoxy) is 2. The number of rotatable bonds is 16. The van der Waals surface area contributed by atoms with E-state index < -0.39 is 24.1 Å². The summed E-state index contributed by atoms with van der Waals surface area (Å²) < 4.78 is 10.5. The lowest BCUT2D eigenvalue weighted by atomic mass is 10.0. The molecule has 3 atom stereocenters. The van der Waals surface area contributed by atoms with Crippen molar-refractivity contribution in [1.82, 2.24) is 20.9 Å². The molecule has 36 heavy (non-hydrogen) atoms. The van der Waals surface area contributed by atoms with Crippen LogP contribution >= 0.6 is 0 Å². The molecule has 0 radical (unpaired) electrons. The van der Waals surface area contributed by atoms with Gasteiger partial charge in [-0.2, -0.15) is 0 Å². The topological polar surface area (TPSA) is 146 Å². The maximum atomic E-state index is 13.1. The number of nitrogens with zero attached hydrogens (tertiary/aromatic N) is 1. The molecule has 11 heteroatoms. The number of aryl methyl sites for hydroxylation is 1. The second kappa shape index (κ2) is 15.9. The fourth-order valence-corrected chi connectivity index (χ4v) is 3.98. The minimum atomic E-state index is -1.01. The molecule has 0 aromatic heterocycles. The highest BCUT2D eigenvalue weighted by Crippen LogP contribution is 2.19. The van der Waals surface area contributed by atoms with E-state index in [4.69, 9.17) is 9.47 Å². The Hall–Kier alpha value is -3.02. The van der Waals surface area contributed by atoms with Crippen LogP contribution in [0.4, 0.5) is 0 Å². The number of hydrogen-bond donors (Lipinski definition) is 4. The number of benzene rings is 1. The predicted octanol–water partition coefficient (Wildman–Crippen LogP) is -0.0631. The maximum Gasteiger partial charge on any atom is 0.320 e. The molecule has 1 saturated heterocycles. The highest BCUT2D eigenvalue weighted by atomic mass is 16.5. The van der Waals surface area contributed by atoms with Gasteiger partial charge in [-0.1, -0.05) is 30.3 Å². The van der Waals surface area contributed by atoms with E-state index in [1.807, 2.05) is 30.3 Å². The van der Waals surface area contributed by atoms with Crippen LogP contribution in [0.5, 0.6) is 0 Å². The van der Waals surface area contributed by atoms with Gasteiger partial charge in [0.25, 0.3) is 0 Å². The van der Waals surface area contributed by atoms with Crippen LogP contribution < -0.4 is 16.0 Å². The molecule has 4 N–H and O–H groups in total. The lowest BCUT2D eigenvalue weighted by Gasteiger charge is -2.28. The number of carbonyl (C=O) groups is 4. The van der Waals surface area contributed by atoms with Crippen molar-refractivity contribution in [3.63, 3.8) is 0 Å². The van der Waals surface area contributed by atoms with Crippen molar-refractivity contribution in [1.29, 1.82) is 0 Å². The van der Waals surface area contributed by atoms with Gasteiger partial charge in [0.1, 0.15) is 18.7 Å². The summed E-state index contributed by atoms with van der Waals surface area (Å²) in [4.78, 5) is 50.1. The summed E-state index contributed by atoms with van der Waals surface area (Å²) >= 11 is 0. The van der Waals surface area contributed by atoms with Gasteiger partial charge in [-0.15, -0.1) is 0 Å². The Balaban J connectivity index is 1.74. The summed E-state index contributed by atoms with van der Waals surface area (Å²) in [5.41, 5.74) is 1.03. The molecule has 1 aliphatic rings. The first-order valence-corrected chi connectivity index (χ1v) is 12.3. The fraction of sp³-hybridized carbons (Fsp3) is 0.600. The molecular formula is C25H38N4O7. The molecule has 11 nitrogen and oxygen atoms in total. The number of nitrogens with one attached hydrogen (secondary N) is 3. The molecule has 0 aliphatic carbocycles. The lowest BCUT2D eigenvalue weighted by Crippen LogP contribution is -2.54. The van der Waals surface area contributed by atoms with Gasteiger partial charge < -0.3 is 30.1 Å². The Morgan fingerprint density at radius 3 is 2.53 bits per heavy atom. The van der Waals surface area contributed by atoms with Crippen LogP contribution in [0.15, 0.2) is 30.3 Å². The van der Waals surface area contributed by atoms with Crippen LogP contribution in [0.1, 0.15) is 31.7 Å². The average molecular weight is 507 g/mol. The van der Waals surface area contributed by atoms with Crippen LogP contribution in [0.2, 0.25) is 0 Å². The molecule has 1 aromatic rings. The fourth-order valence-electron chi connectivity index (χ4n) is 3.98. The van der Waals surface area contributed by atoms with Crippen LogP contribution in [-0.4, -0.2) is 98.4 Å². The summed E-state index contributed by atoms with van der Waals surface area (Å²) in [5, 5.41) is 17.8. The number of hydrogen-bond acceptors (Lipinski definition) is 7. The summed E-state index contributed by atoms with van der Waals surface area (Å²) in [7, 11) is 1.53. The third-order valence-electron chi connectivity index (χ3n) is 5.95. The van der Waals surface area contributed by atoms with Crippen LogP contribution in [-0.2, 0) is 35.1 Å². The van der Waals surface area contributed by atoms with Crippen LogP contribution in [0.3, 0.4) is 0 Å².